The molecule has 0 aromatic heterocycles. The number of nitrogens with one attached hydrogen (secondary N) is 3. The second-order valence-corrected chi connectivity index (χ2v) is 5.66. The minimum atomic E-state index is -0.239. The lowest BCUT2D eigenvalue weighted by molar-refractivity contribution is -0.130. The minimum absolute atomic E-state index is 0.0128. The third kappa shape index (κ3) is 4.49. The van der Waals surface area contributed by atoms with Crippen LogP contribution in [-0.2, 0) is 9.59 Å². The van der Waals surface area contributed by atoms with Crippen LogP contribution in [0, 0.1) is 11.3 Å². The molecule has 1 saturated heterocycles. The highest BCUT2D eigenvalue weighted by atomic mass is 16.2. The lowest BCUT2D eigenvalue weighted by Crippen LogP contribution is -2.45. The van der Waals surface area contributed by atoms with Crippen LogP contribution in [0.3, 0.4) is 0 Å². The maximum absolute atomic E-state index is 12.3. The van der Waals surface area contributed by atoms with Crippen LogP contribution in [0.25, 0.3) is 0 Å². The Labute approximate surface area is 115 Å². The van der Waals surface area contributed by atoms with Gasteiger partial charge >= 0.3 is 0 Å². The van der Waals surface area contributed by atoms with Crippen LogP contribution in [0.5, 0.6) is 0 Å². The summed E-state index contributed by atoms with van der Waals surface area (Å²) in [5.41, 5.74) is -0.239. The second kappa shape index (κ2) is 7.48. The summed E-state index contributed by atoms with van der Waals surface area (Å²) in [5, 5.41) is 9.03. The van der Waals surface area contributed by atoms with Crippen LogP contribution >= 0.6 is 0 Å². The van der Waals surface area contributed by atoms with E-state index in [1.807, 2.05) is 13.8 Å². The molecule has 3 N–H and O–H groups in total. The maximum atomic E-state index is 12.3. The standard InChI is InChI=1S/C14H27N3O2/c1-4-5-14(6-7-15-10-14)13(19)17-9-8-16-12(18)11(2)3/h11,15H,4-10H2,1-3H3,(H,16,18)(H,17,19). The van der Waals surface area contributed by atoms with E-state index < -0.39 is 0 Å². The summed E-state index contributed by atoms with van der Waals surface area (Å²) in [6.07, 6.45) is 2.84. The van der Waals surface area contributed by atoms with Crippen molar-refractivity contribution in [3.8, 4) is 0 Å². The molecule has 2 amide bonds. The zero-order valence-electron chi connectivity index (χ0n) is 12.3. The molecule has 0 saturated carbocycles. The molecule has 0 aliphatic carbocycles. The largest absolute Gasteiger partial charge is 0.354 e. The van der Waals surface area contributed by atoms with Crippen LogP contribution in [0.15, 0.2) is 0 Å². The van der Waals surface area contributed by atoms with Crippen molar-refractivity contribution >= 4 is 11.8 Å². The van der Waals surface area contributed by atoms with E-state index in [1.165, 1.54) is 0 Å². The molecular weight excluding hydrogens is 242 g/mol. The van der Waals surface area contributed by atoms with Crippen molar-refractivity contribution in [2.75, 3.05) is 26.2 Å². The topological polar surface area (TPSA) is 70.2 Å². The lowest BCUT2D eigenvalue weighted by Gasteiger charge is -2.26. The Morgan fingerprint density at radius 2 is 1.95 bits per heavy atom. The van der Waals surface area contributed by atoms with Gasteiger partial charge in [0.25, 0.3) is 0 Å². The third-order valence-electron chi connectivity index (χ3n) is 3.69. The van der Waals surface area contributed by atoms with Crippen molar-refractivity contribution in [1.29, 1.82) is 0 Å². The summed E-state index contributed by atoms with van der Waals surface area (Å²) >= 11 is 0. The highest BCUT2D eigenvalue weighted by molar-refractivity contribution is 5.83. The Kier molecular flexibility index (Phi) is 6.28. The van der Waals surface area contributed by atoms with E-state index in [1.54, 1.807) is 0 Å². The number of carbonyl (C=O) groups excluding carboxylic acids is 2. The summed E-state index contributed by atoms with van der Waals surface area (Å²) in [6, 6.07) is 0. The summed E-state index contributed by atoms with van der Waals surface area (Å²) in [5.74, 6) is 0.138. The van der Waals surface area contributed by atoms with Crippen LogP contribution < -0.4 is 16.0 Å². The number of rotatable bonds is 7. The monoisotopic (exact) mass is 269 g/mol. The Morgan fingerprint density at radius 1 is 1.26 bits per heavy atom. The van der Waals surface area contributed by atoms with Gasteiger partial charge in [0.2, 0.25) is 11.8 Å². The Morgan fingerprint density at radius 3 is 2.47 bits per heavy atom. The Bertz CT molecular complexity index is 310. The fraction of sp³-hybridized carbons (Fsp3) is 0.857. The zero-order chi connectivity index (χ0) is 14.3. The van der Waals surface area contributed by atoms with E-state index >= 15 is 0 Å². The number of carbonyl (C=O) groups is 2. The van der Waals surface area contributed by atoms with E-state index in [-0.39, 0.29) is 23.1 Å². The molecule has 1 unspecified atom stereocenters. The molecule has 5 heteroatoms. The number of hydrogen-bond acceptors (Lipinski definition) is 3. The zero-order valence-corrected chi connectivity index (χ0v) is 12.3. The van der Waals surface area contributed by atoms with E-state index in [9.17, 15) is 9.59 Å². The molecule has 1 fully saturated rings. The molecule has 110 valence electrons. The summed E-state index contributed by atoms with van der Waals surface area (Å²) < 4.78 is 0. The number of amides is 2. The summed E-state index contributed by atoms with van der Waals surface area (Å²) in [6.45, 7) is 8.50. The van der Waals surface area contributed by atoms with Gasteiger partial charge in [-0.05, 0) is 19.4 Å². The van der Waals surface area contributed by atoms with Crippen molar-refractivity contribution in [2.24, 2.45) is 11.3 Å². The van der Waals surface area contributed by atoms with Crippen LogP contribution in [0.1, 0.15) is 40.0 Å². The first-order valence-electron chi connectivity index (χ1n) is 7.28. The predicted octanol–water partition coefficient (Wildman–Crippen LogP) is 0.655. The van der Waals surface area contributed by atoms with Gasteiger partial charge in [-0.15, -0.1) is 0 Å². The quantitative estimate of drug-likeness (QED) is 0.595. The molecule has 19 heavy (non-hydrogen) atoms. The van der Waals surface area contributed by atoms with Crippen molar-refractivity contribution in [2.45, 2.75) is 40.0 Å². The molecule has 5 nitrogen and oxygen atoms in total. The first-order chi connectivity index (χ1) is 9.02. The fourth-order valence-electron chi connectivity index (χ4n) is 2.50. The molecule has 1 atom stereocenters. The average Bonchev–Trinajstić information content (AvgIpc) is 2.84. The van der Waals surface area contributed by atoms with Gasteiger partial charge in [0.1, 0.15) is 0 Å². The second-order valence-electron chi connectivity index (χ2n) is 5.66. The highest BCUT2D eigenvalue weighted by Gasteiger charge is 2.39. The molecule has 1 aliphatic rings. The van der Waals surface area contributed by atoms with E-state index in [0.717, 1.165) is 32.4 Å². The molecule has 0 radical (unpaired) electrons. The summed E-state index contributed by atoms with van der Waals surface area (Å²) in [7, 11) is 0. The van der Waals surface area contributed by atoms with Gasteiger partial charge in [0, 0.05) is 25.6 Å². The molecule has 1 heterocycles. The third-order valence-corrected chi connectivity index (χ3v) is 3.69. The molecule has 1 aliphatic heterocycles. The first-order valence-corrected chi connectivity index (χ1v) is 7.28. The molecule has 0 aromatic rings. The van der Waals surface area contributed by atoms with E-state index in [4.69, 9.17) is 0 Å². The molecular formula is C14H27N3O2. The van der Waals surface area contributed by atoms with Gasteiger partial charge in [-0.25, -0.2) is 0 Å². The normalized spacial score (nSPS) is 22.5. The van der Waals surface area contributed by atoms with Gasteiger partial charge < -0.3 is 16.0 Å². The first kappa shape index (κ1) is 16.0. The van der Waals surface area contributed by atoms with Crippen LogP contribution in [-0.4, -0.2) is 38.0 Å². The van der Waals surface area contributed by atoms with Gasteiger partial charge in [-0.2, -0.15) is 0 Å². The Balaban J connectivity index is 2.31. The molecule has 0 bridgehead atoms. The Hall–Kier alpha value is -1.10. The lowest BCUT2D eigenvalue weighted by atomic mass is 9.81. The van der Waals surface area contributed by atoms with Crippen LogP contribution in [0.4, 0.5) is 0 Å². The van der Waals surface area contributed by atoms with Gasteiger partial charge in [-0.3, -0.25) is 9.59 Å². The molecule has 0 aromatic carbocycles. The maximum Gasteiger partial charge on any atom is 0.227 e. The summed E-state index contributed by atoms with van der Waals surface area (Å²) in [4.78, 5) is 23.6. The highest BCUT2D eigenvalue weighted by Crippen LogP contribution is 2.31. The van der Waals surface area contributed by atoms with Crippen molar-refractivity contribution in [1.82, 2.24) is 16.0 Å². The van der Waals surface area contributed by atoms with E-state index in [2.05, 4.69) is 22.9 Å². The fourth-order valence-corrected chi connectivity index (χ4v) is 2.50. The van der Waals surface area contributed by atoms with Crippen molar-refractivity contribution < 1.29 is 9.59 Å². The predicted molar refractivity (Wildman–Crippen MR) is 75.7 cm³/mol. The molecule has 0 spiro atoms. The van der Waals surface area contributed by atoms with Gasteiger partial charge in [0.15, 0.2) is 0 Å². The average molecular weight is 269 g/mol. The van der Waals surface area contributed by atoms with Crippen molar-refractivity contribution in [3.05, 3.63) is 0 Å². The minimum Gasteiger partial charge on any atom is -0.354 e. The van der Waals surface area contributed by atoms with Crippen molar-refractivity contribution in [3.63, 3.8) is 0 Å². The smallest absolute Gasteiger partial charge is 0.227 e. The molecule has 1 rings (SSSR count). The number of hydrogen-bond donors (Lipinski definition) is 3. The van der Waals surface area contributed by atoms with E-state index in [0.29, 0.717) is 13.1 Å². The van der Waals surface area contributed by atoms with Gasteiger partial charge in [0.05, 0.1) is 5.41 Å². The van der Waals surface area contributed by atoms with Gasteiger partial charge in [-0.1, -0.05) is 27.2 Å². The van der Waals surface area contributed by atoms with Crippen LogP contribution in [0.2, 0.25) is 0 Å². The SMILES string of the molecule is CCCC1(C(=O)NCCNC(=O)C(C)C)CCNC1.